The zero-order valence-electron chi connectivity index (χ0n) is 16.3. The van der Waals surface area contributed by atoms with E-state index in [9.17, 15) is 18.6 Å². The molecule has 157 valence electrons. The van der Waals surface area contributed by atoms with Crippen molar-refractivity contribution in [3.8, 4) is 0 Å². The zero-order valence-corrected chi connectivity index (χ0v) is 21.6. The second kappa shape index (κ2) is 11.0. The predicted octanol–water partition coefficient (Wildman–Crippen LogP) is 3.09. The molecule has 29 heavy (non-hydrogen) atoms. The normalized spacial score (nSPS) is 16.5. The predicted molar refractivity (Wildman–Crippen MR) is 113 cm³/mol. The van der Waals surface area contributed by atoms with Crippen LogP contribution in [0.3, 0.4) is 0 Å². The van der Waals surface area contributed by atoms with Crippen LogP contribution in [-0.2, 0) is 42.7 Å². The van der Waals surface area contributed by atoms with E-state index in [0.29, 0.717) is 24.2 Å². The van der Waals surface area contributed by atoms with Crippen molar-refractivity contribution in [1.29, 1.82) is 0 Å². The number of sulfonamides is 1. The summed E-state index contributed by atoms with van der Waals surface area (Å²) in [6.07, 6.45) is 5.40. The van der Waals surface area contributed by atoms with Gasteiger partial charge in [-0.05, 0) is 47.1 Å². The third-order valence-corrected chi connectivity index (χ3v) is 8.39. The quantitative estimate of drug-likeness (QED) is 0.279. The van der Waals surface area contributed by atoms with Gasteiger partial charge >= 0.3 is 0 Å². The van der Waals surface area contributed by atoms with Crippen molar-refractivity contribution in [2.24, 2.45) is 5.41 Å². The van der Waals surface area contributed by atoms with Crippen molar-refractivity contribution in [3.63, 3.8) is 0 Å². The van der Waals surface area contributed by atoms with Crippen molar-refractivity contribution >= 4 is 38.8 Å². The molecule has 6 nitrogen and oxygen atoms in total. The maximum absolute atomic E-state index is 12.3. The molecule has 1 radical (unpaired) electrons. The minimum absolute atomic E-state index is 0. The molecule has 1 aromatic heterocycles. The van der Waals surface area contributed by atoms with E-state index in [0.717, 1.165) is 29.4 Å². The number of rotatable bonds is 10. The van der Waals surface area contributed by atoms with E-state index in [-0.39, 0.29) is 39.3 Å². The monoisotopic (exact) mass is 530 g/mol. The van der Waals surface area contributed by atoms with Crippen molar-refractivity contribution < 1.29 is 51.3 Å². The van der Waals surface area contributed by atoms with Crippen LogP contribution in [0.15, 0.2) is 34.8 Å². The van der Waals surface area contributed by atoms with Crippen LogP contribution >= 0.6 is 23.1 Å². The van der Waals surface area contributed by atoms with Crippen LogP contribution in [0.1, 0.15) is 37.4 Å². The number of aromatic nitrogens is 1. The van der Waals surface area contributed by atoms with E-state index in [1.165, 1.54) is 21.9 Å². The van der Waals surface area contributed by atoms with Crippen molar-refractivity contribution in [2.75, 3.05) is 29.5 Å². The fraction of sp³-hybridized carbons (Fsp3) is 0.526. The summed E-state index contributed by atoms with van der Waals surface area (Å²) in [6, 6.07) is 6.97. The molecule has 0 spiro atoms. The van der Waals surface area contributed by atoms with Crippen molar-refractivity contribution in [1.82, 2.24) is 4.98 Å². The van der Waals surface area contributed by atoms with Crippen molar-refractivity contribution in [2.45, 2.75) is 36.1 Å². The molecule has 2 N–H and O–H groups in total. The molecule has 1 atom stereocenters. The van der Waals surface area contributed by atoms with Crippen LogP contribution in [0.25, 0.3) is 0 Å². The summed E-state index contributed by atoms with van der Waals surface area (Å²) in [5.74, 6) is 0.767. The van der Waals surface area contributed by atoms with Gasteiger partial charge in [0.05, 0.1) is 24.7 Å². The van der Waals surface area contributed by atoms with Gasteiger partial charge in [-0.2, -0.15) is 17.1 Å². The van der Waals surface area contributed by atoms with Crippen LogP contribution < -0.4 is 4.31 Å². The van der Waals surface area contributed by atoms with E-state index < -0.39 is 21.5 Å². The van der Waals surface area contributed by atoms with Crippen LogP contribution in [0.4, 0.5) is 5.69 Å². The molecule has 0 amide bonds. The molecule has 10 heteroatoms. The van der Waals surface area contributed by atoms with Gasteiger partial charge in [-0.25, -0.2) is 8.42 Å². The summed E-state index contributed by atoms with van der Waals surface area (Å²) in [6.45, 7) is 0.337. The number of thioether (sulfide) groups is 1. The Bertz CT molecular complexity index is 851. The van der Waals surface area contributed by atoms with Crippen LogP contribution in [0, 0.1) is 10.8 Å². The Hall–Kier alpha value is -0.0261. The van der Waals surface area contributed by atoms with Gasteiger partial charge in [-0.3, -0.25) is 4.31 Å². The van der Waals surface area contributed by atoms with Crippen LogP contribution in [0.2, 0.25) is 0 Å². The number of benzene rings is 1. The Labute approximate surface area is 206 Å². The van der Waals surface area contributed by atoms with Crippen LogP contribution in [0.5, 0.6) is 0 Å². The van der Waals surface area contributed by atoms with E-state index in [4.69, 9.17) is 0 Å². The molecular formula is C19H25N2O4S3Y-. The third kappa shape index (κ3) is 6.24. The maximum Gasteiger partial charge on any atom is 0.232 e. The fourth-order valence-electron chi connectivity index (χ4n) is 3.43. The first-order valence-corrected chi connectivity index (χ1v) is 12.8. The van der Waals surface area contributed by atoms with Gasteiger partial charge in [-0.1, -0.05) is 24.8 Å². The Morgan fingerprint density at radius 2 is 2.03 bits per heavy atom. The van der Waals surface area contributed by atoms with Crippen LogP contribution in [-0.4, -0.2) is 48.8 Å². The summed E-state index contributed by atoms with van der Waals surface area (Å²) < 4.78 is 26.8. The van der Waals surface area contributed by atoms with Gasteiger partial charge in [0.15, 0.2) is 0 Å². The first-order chi connectivity index (χ1) is 13.4. The zero-order chi connectivity index (χ0) is 20.2. The van der Waals surface area contributed by atoms with Gasteiger partial charge in [0.1, 0.15) is 0 Å². The summed E-state index contributed by atoms with van der Waals surface area (Å²) in [7, 11) is -3.41. The SMILES string of the molecule is CS(=O)(=O)N(CCCSc1nc[c-]s1)c1ccc(C(O)C2(CO)CCC2)cc1.[Y]. The summed E-state index contributed by atoms with van der Waals surface area (Å²) in [5, 5.41) is 23.2. The number of aliphatic hydroxyl groups excluding tert-OH is 2. The number of thiazole rings is 1. The summed E-state index contributed by atoms with van der Waals surface area (Å²) in [4.78, 5) is 4.16. The Kier molecular flexibility index (Phi) is 9.59. The smallest absolute Gasteiger partial charge is 0.232 e. The molecule has 1 aliphatic rings. The number of hydrogen-bond acceptors (Lipinski definition) is 7. The van der Waals surface area contributed by atoms with Gasteiger partial charge in [0.25, 0.3) is 0 Å². The van der Waals surface area contributed by atoms with E-state index in [1.807, 2.05) is 0 Å². The fourth-order valence-corrected chi connectivity index (χ4v) is 5.91. The first kappa shape index (κ1) is 25.2. The largest absolute Gasteiger partial charge is 0.396 e. The molecule has 1 aromatic carbocycles. The van der Waals surface area contributed by atoms with E-state index in [1.54, 1.807) is 42.2 Å². The molecule has 0 saturated heterocycles. The first-order valence-electron chi connectivity index (χ1n) is 9.17. The minimum Gasteiger partial charge on any atom is -0.396 e. The van der Waals surface area contributed by atoms with Gasteiger partial charge in [0.2, 0.25) is 10.0 Å². The number of anilines is 1. The Morgan fingerprint density at radius 1 is 1.34 bits per heavy atom. The topological polar surface area (TPSA) is 90.7 Å². The molecular weight excluding hydrogens is 505 g/mol. The van der Waals surface area contributed by atoms with Crippen molar-refractivity contribution in [3.05, 3.63) is 41.4 Å². The standard InChI is InChI=1S/C19H25N2O4S3.Y/c1-28(24,25)21(11-3-12-26-18-20-10-13-27-18)16-6-4-15(5-7-16)17(23)19(14-22)8-2-9-19;/h4-7,10,17,22-23H,2-3,8-9,11-12,14H2,1H3;/q-1;. The molecule has 1 aliphatic carbocycles. The number of hydrogen-bond donors (Lipinski definition) is 2. The van der Waals surface area contributed by atoms with Gasteiger partial charge < -0.3 is 26.5 Å². The second-order valence-electron chi connectivity index (χ2n) is 7.15. The molecule has 0 bridgehead atoms. The average molecular weight is 531 g/mol. The van der Waals surface area contributed by atoms with E-state index in [2.05, 4.69) is 10.4 Å². The molecule has 2 aromatic rings. The van der Waals surface area contributed by atoms with E-state index >= 15 is 0 Å². The molecule has 1 heterocycles. The summed E-state index contributed by atoms with van der Waals surface area (Å²) in [5.41, 5.74) is 0.835. The maximum atomic E-state index is 12.3. The Balaban J connectivity index is 0.00000300. The Morgan fingerprint density at radius 3 is 2.52 bits per heavy atom. The molecule has 1 saturated carbocycles. The number of aliphatic hydroxyl groups is 2. The van der Waals surface area contributed by atoms with Gasteiger partial charge in [0, 0.05) is 44.7 Å². The third-order valence-electron chi connectivity index (χ3n) is 5.24. The molecule has 1 fully saturated rings. The number of nitrogens with zero attached hydrogens (tertiary/aromatic N) is 2. The molecule has 0 aliphatic heterocycles. The average Bonchev–Trinajstić information content (AvgIpc) is 3.14. The minimum atomic E-state index is -3.41. The molecule has 3 rings (SSSR count). The summed E-state index contributed by atoms with van der Waals surface area (Å²) >= 11 is 3.05. The second-order valence-corrected chi connectivity index (χ2v) is 11.2. The molecule has 1 unspecified atom stereocenters. The van der Waals surface area contributed by atoms with Gasteiger partial charge in [-0.15, -0.1) is 0 Å².